The Morgan fingerprint density at radius 2 is 1.43 bits per heavy atom. The number of hydrogen-bond donors (Lipinski definition) is 4. The van der Waals surface area contributed by atoms with Gasteiger partial charge in [-0.05, 0) is 54.4 Å². The molecule has 1 rings (SSSR count). The minimum atomic E-state index is -1.08. The lowest BCUT2D eigenvalue weighted by Gasteiger charge is -2.26. The quantitative estimate of drug-likeness (QED) is 0.444. The van der Waals surface area contributed by atoms with Gasteiger partial charge in [0.15, 0.2) is 0 Å². The first-order chi connectivity index (χ1) is 13.7. The van der Waals surface area contributed by atoms with Crippen LogP contribution in [0.1, 0.15) is 54.4 Å². The molecule has 0 radical (unpaired) electrons. The van der Waals surface area contributed by atoms with Gasteiger partial charge in [0.2, 0.25) is 17.7 Å². The summed E-state index contributed by atoms with van der Waals surface area (Å²) in [4.78, 5) is 61.2. The molecule has 1 heterocycles. The van der Waals surface area contributed by atoms with Crippen LogP contribution >= 0.6 is 0 Å². The third-order valence-electron chi connectivity index (χ3n) is 4.43. The maximum absolute atomic E-state index is 12.5. The van der Waals surface area contributed by atoms with E-state index in [2.05, 4.69) is 16.0 Å². The van der Waals surface area contributed by atoms with E-state index in [4.69, 9.17) is 4.74 Å². The first-order valence-corrected chi connectivity index (χ1v) is 9.86. The summed E-state index contributed by atoms with van der Waals surface area (Å²) in [6.07, 6.45) is 0.190. The van der Waals surface area contributed by atoms with Crippen LogP contribution in [0.3, 0.4) is 0 Å². The molecule has 4 amide bonds. The molecule has 0 aromatic carbocycles. The van der Waals surface area contributed by atoms with Gasteiger partial charge in [-0.2, -0.15) is 0 Å². The van der Waals surface area contributed by atoms with Crippen LogP contribution < -0.4 is 16.0 Å². The number of carboxylic acid groups (broad SMARTS) is 1. The van der Waals surface area contributed by atoms with Gasteiger partial charge >= 0.3 is 12.1 Å². The van der Waals surface area contributed by atoms with Gasteiger partial charge in [-0.25, -0.2) is 9.59 Å². The molecule has 30 heavy (non-hydrogen) atoms. The molecule has 11 nitrogen and oxygen atoms in total. The largest absolute Gasteiger partial charge is 0.480 e. The number of carboxylic acids is 1. The maximum Gasteiger partial charge on any atom is 0.408 e. The van der Waals surface area contributed by atoms with Crippen molar-refractivity contribution < 1.29 is 33.8 Å². The monoisotopic (exact) mass is 428 g/mol. The number of carbonyl (C=O) groups is 5. The smallest absolute Gasteiger partial charge is 0.408 e. The molecule has 0 aromatic heterocycles. The summed E-state index contributed by atoms with van der Waals surface area (Å²) in [5, 5.41) is 16.5. The number of likely N-dealkylation sites (tertiary alicyclic amines) is 1. The zero-order valence-corrected chi connectivity index (χ0v) is 18.3. The fourth-order valence-electron chi connectivity index (χ4n) is 2.89. The Kier molecular flexibility index (Phi) is 8.61. The molecular formula is C19H32N4O7. The minimum Gasteiger partial charge on any atom is -0.480 e. The second-order valence-corrected chi connectivity index (χ2v) is 8.36. The van der Waals surface area contributed by atoms with Crippen LogP contribution in [0.4, 0.5) is 4.79 Å². The van der Waals surface area contributed by atoms with Gasteiger partial charge in [0.05, 0.1) is 0 Å². The van der Waals surface area contributed by atoms with Crippen molar-refractivity contribution in [3.05, 3.63) is 0 Å². The number of rotatable bonds is 7. The average molecular weight is 428 g/mol. The van der Waals surface area contributed by atoms with Crippen LogP contribution in [-0.4, -0.2) is 76.1 Å². The van der Waals surface area contributed by atoms with E-state index in [1.807, 2.05) is 0 Å². The average Bonchev–Trinajstić information content (AvgIpc) is 3.08. The van der Waals surface area contributed by atoms with Crippen molar-refractivity contribution in [3.8, 4) is 0 Å². The lowest BCUT2D eigenvalue weighted by atomic mass is 10.2. The second kappa shape index (κ2) is 10.3. The molecular weight excluding hydrogens is 396 g/mol. The van der Waals surface area contributed by atoms with Crippen LogP contribution in [0.2, 0.25) is 0 Å². The Bertz CT molecular complexity index is 689. The van der Waals surface area contributed by atoms with Gasteiger partial charge in [0.25, 0.3) is 0 Å². The first kappa shape index (κ1) is 25.2. The van der Waals surface area contributed by atoms with Crippen molar-refractivity contribution in [1.29, 1.82) is 0 Å². The Balaban J connectivity index is 2.55. The third kappa shape index (κ3) is 7.53. The topological polar surface area (TPSA) is 154 Å². The predicted molar refractivity (Wildman–Crippen MR) is 106 cm³/mol. The zero-order valence-electron chi connectivity index (χ0n) is 18.3. The number of hydrogen-bond acceptors (Lipinski definition) is 6. The highest BCUT2D eigenvalue weighted by molar-refractivity contribution is 5.94. The molecule has 1 saturated heterocycles. The molecule has 1 fully saturated rings. The Labute approximate surface area is 175 Å². The van der Waals surface area contributed by atoms with E-state index in [1.54, 1.807) is 20.8 Å². The molecule has 4 atom stereocenters. The number of alkyl carbamates (subject to hydrolysis) is 1. The molecule has 0 aromatic rings. The number of carbonyl (C=O) groups excluding carboxylic acids is 4. The van der Waals surface area contributed by atoms with Crippen LogP contribution in [0, 0.1) is 0 Å². The SMILES string of the molecule is C[C@H](NC(=O)OC(C)(C)C)C(=O)N[C@@H](C)C(=O)N[C@@H](C)C(=O)N1CCC[C@H]1C(=O)O. The van der Waals surface area contributed by atoms with Gasteiger partial charge in [-0.1, -0.05) is 0 Å². The van der Waals surface area contributed by atoms with Crippen LogP contribution in [0.15, 0.2) is 0 Å². The summed E-state index contributed by atoms with van der Waals surface area (Å²) in [5.74, 6) is -2.79. The van der Waals surface area contributed by atoms with Gasteiger partial charge in [-0.15, -0.1) is 0 Å². The van der Waals surface area contributed by atoms with Crippen molar-refractivity contribution in [2.24, 2.45) is 0 Å². The molecule has 0 spiro atoms. The van der Waals surface area contributed by atoms with Gasteiger partial charge in [-0.3, -0.25) is 14.4 Å². The Hall–Kier alpha value is -2.85. The van der Waals surface area contributed by atoms with Crippen LogP contribution in [0.25, 0.3) is 0 Å². The van der Waals surface area contributed by atoms with Crippen LogP contribution in [0.5, 0.6) is 0 Å². The number of nitrogens with zero attached hydrogens (tertiary/aromatic N) is 1. The molecule has 170 valence electrons. The molecule has 1 aliphatic rings. The predicted octanol–water partition coefficient (Wildman–Crippen LogP) is -0.0154. The van der Waals surface area contributed by atoms with E-state index >= 15 is 0 Å². The number of amides is 4. The standard InChI is InChI=1S/C19H32N4O7/c1-10(20-15(25)11(2)22-18(29)30-19(4,5)6)14(24)21-12(3)16(26)23-9-7-8-13(23)17(27)28/h10-13H,7-9H2,1-6H3,(H,20,25)(H,21,24)(H,22,29)(H,27,28)/t10-,11-,12-,13-/m0/s1. The van der Waals surface area contributed by atoms with E-state index in [1.165, 1.54) is 25.7 Å². The number of aliphatic carboxylic acids is 1. The van der Waals surface area contributed by atoms with E-state index in [0.29, 0.717) is 19.4 Å². The fourth-order valence-corrected chi connectivity index (χ4v) is 2.89. The van der Waals surface area contributed by atoms with Gasteiger partial charge in [0, 0.05) is 6.54 Å². The molecule has 0 saturated carbocycles. The molecule has 0 aliphatic carbocycles. The van der Waals surface area contributed by atoms with E-state index in [0.717, 1.165) is 0 Å². The summed E-state index contributed by atoms with van der Waals surface area (Å²) in [6.45, 7) is 9.71. The zero-order chi connectivity index (χ0) is 23.2. The molecule has 0 bridgehead atoms. The summed E-state index contributed by atoms with van der Waals surface area (Å²) in [7, 11) is 0. The Morgan fingerprint density at radius 1 is 0.933 bits per heavy atom. The van der Waals surface area contributed by atoms with Crippen LogP contribution in [-0.2, 0) is 23.9 Å². The fraction of sp³-hybridized carbons (Fsp3) is 0.737. The van der Waals surface area contributed by atoms with E-state index in [-0.39, 0.29) is 0 Å². The maximum atomic E-state index is 12.5. The lowest BCUT2D eigenvalue weighted by molar-refractivity contribution is -0.149. The van der Waals surface area contributed by atoms with Crippen molar-refractivity contribution in [3.63, 3.8) is 0 Å². The van der Waals surface area contributed by atoms with E-state index in [9.17, 15) is 29.1 Å². The molecule has 11 heteroatoms. The third-order valence-corrected chi connectivity index (χ3v) is 4.43. The van der Waals surface area contributed by atoms with Crippen molar-refractivity contribution >= 4 is 29.8 Å². The first-order valence-electron chi connectivity index (χ1n) is 9.86. The highest BCUT2D eigenvalue weighted by Crippen LogP contribution is 2.18. The van der Waals surface area contributed by atoms with Crippen molar-refractivity contribution in [2.75, 3.05) is 6.54 Å². The molecule has 0 unspecified atom stereocenters. The summed E-state index contributed by atoms with van der Waals surface area (Å²) in [6, 6.07) is -3.78. The van der Waals surface area contributed by atoms with Gasteiger partial charge < -0.3 is 30.7 Å². The molecule has 1 aliphatic heterocycles. The summed E-state index contributed by atoms with van der Waals surface area (Å²) in [5.41, 5.74) is -0.717. The van der Waals surface area contributed by atoms with Crippen molar-refractivity contribution in [2.45, 2.75) is 84.2 Å². The second-order valence-electron chi connectivity index (χ2n) is 8.36. The van der Waals surface area contributed by atoms with Crippen molar-refractivity contribution in [1.82, 2.24) is 20.9 Å². The Morgan fingerprint density at radius 3 is 1.93 bits per heavy atom. The van der Waals surface area contributed by atoms with Gasteiger partial charge in [0.1, 0.15) is 29.8 Å². The van der Waals surface area contributed by atoms with E-state index < -0.39 is 59.6 Å². The highest BCUT2D eigenvalue weighted by atomic mass is 16.6. The summed E-state index contributed by atoms with van der Waals surface area (Å²) < 4.78 is 5.07. The highest BCUT2D eigenvalue weighted by Gasteiger charge is 2.36. The lowest BCUT2D eigenvalue weighted by Crippen LogP contribution is -2.56. The minimum absolute atomic E-state index is 0.316. The number of ether oxygens (including phenoxy) is 1. The number of nitrogens with one attached hydrogen (secondary N) is 3. The molecule has 4 N–H and O–H groups in total. The normalized spacial score (nSPS) is 19.3. The summed E-state index contributed by atoms with van der Waals surface area (Å²) >= 11 is 0.